The third-order valence-electron chi connectivity index (χ3n) is 4.93. The van der Waals surface area contributed by atoms with E-state index in [9.17, 15) is 0 Å². The fourth-order valence-electron chi connectivity index (χ4n) is 3.40. The van der Waals surface area contributed by atoms with Gasteiger partial charge in [-0.15, -0.1) is 15.0 Å². The first-order valence-electron chi connectivity index (χ1n) is 11.0. The highest BCUT2D eigenvalue weighted by molar-refractivity contribution is 5.54. The molecule has 0 bridgehead atoms. The predicted octanol–water partition coefficient (Wildman–Crippen LogP) is 2.67. The molecule has 3 aromatic rings. The normalized spacial score (nSPS) is 16.1. The molecule has 1 fully saturated rings. The summed E-state index contributed by atoms with van der Waals surface area (Å²) in [5.74, 6) is 0.863. The zero-order chi connectivity index (χ0) is 23.6. The average Bonchev–Trinajstić information content (AvgIpc) is 3.34. The Hall–Kier alpha value is -3.76. The number of H-pyrrole nitrogens is 1. The molecule has 0 aliphatic carbocycles. The molecule has 10 nitrogen and oxygen atoms in total. The van der Waals surface area contributed by atoms with E-state index in [0.29, 0.717) is 13.2 Å². The number of nitrogens with one attached hydrogen (secondary N) is 1. The van der Waals surface area contributed by atoms with Gasteiger partial charge in [0.25, 0.3) is 0 Å². The fraction of sp³-hybridized carbons (Fsp3) is 0.333. The second-order valence-corrected chi connectivity index (χ2v) is 7.54. The molecule has 4 rings (SSSR count). The maximum Gasteiger partial charge on any atom is 0.326 e. The van der Waals surface area contributed by atoms with Crippen LogP contribution < -0.4 is 14.2 Å². The predicted molar refractivity (Wildman–Crippen MR) is 126 cm³/mol. The molecule has 178 valence electrons. The third-order valence-corrected chi connectivity index (χ3v) is 4.93. The number of benzene rings is 1. The standard InChI is InChI=1S/C24H28N6O4/c1-3-11-32-22-27-23(33-12-4-2)29-24(28-22)34-17-20-16-30(10-13-31-20)15-19-14-25-21(26-19)18-8-6-5-7-9-18/h3-9,14,20H,1-2,10-13,15-17H2,(H,25,26). The number of hydrogen-bond donors (Lipinski definition) is 1. The first-order chi connectivity index (χ1) is 16.7. The van der Waals surface area contributed by atoms with E-state index in [1.807, 2.05) is 36.5 Å². The van der Waals surface area contributed by atoms with Gasteiger partial charge >= 0.3 is 18.0 Å². The van der Waals surface area contributed by atoms with Crippen LogP contribution in [0.5, 0.6) is 18.0 Å². The maximum absolute atomic E-state index is 5.88. The highest BCUT2D eigenvalue weighted by atomic mass is 16.6. The first-order valence-corrected chi connectivity index (χ1v) is 11.0. The highest BCUT2D eigenvalue weighted by Crippen LogP contribution is 2.18. The minimum absolute atomic E-state index is 0.101. The van der Waals surface area contributed by atoms with Crippen LogP contribution in [0.4, 0.5) is 0 Å². The molecular formula is C24H28N6O4. The lowest BCUT2D eigenvalue weighted by atomic mass is 10.2. The summed E-state index contributed by atoms with van der Waals surface area (Å²) in [5.41, 5.74) is 2.11. The average molecular weight is 465 g/mol. The zero-order valence-electron chi connectivity index (χ0n) is 18.9. The number of nitrogens with zero attached hydrogens (tertiary/aromatic N) is 5. The van der Waals surface area contributed by atoms with E-state index in [1.54, 1.807) is 12.2 Å². The van der Waals surface area contributed by atoms with Crippen LogP contribution in [-0.4, -0.2) is 75.4 Å². The van der Waals surface area contributed by atoms with Crippen LogP contribution in [0, 0.1) is 0 Å². The quantitative estimate of drug-likeness (QED) is 0.405. The van der Waals surface area contributed by atoms with Crippen molar-refractivity contribution in [2.45, 2.75) is 12.6 Å². The van der Waals surface area contributed by atoms with Gasteiger partial charge in [-0.3, -0.25) is 4.90 Å². The summed E-state index contributed by atoms with van der Waals surface area (Å²) < 4.78 is 22.5. The van der Waals surface area contributed by atoms with E-state index >= 15 is 0 Å². The van der Waals surface area contributed by atoms with Gasteiger partial charge in [0.05, 0.1) is 6.61 Å². The summed E-state index contributed by atoms with van der Waals surface area (Å²) in [7, 11) is 0. The van der Waals surface area contributed by atoms with Gasteiger partial charge < -0.3 is 23.9 Å². The minimum atomic E-state index is -0.142. The van der Waals surface area contributed by atoms with Gasteiger partial charge in [-0.05, 0) is 0 Å². The summed E-state index contributed by atoms with van der Waals surface area (Å²) in [6.45, 7) is 10.9. The third kappa shape index (κ3) is 6.63. The number of morpholine rings is 1. The molecular weight excluding hydrogens is 436 g/mol. The minimum Gasteiger partial charge on any atom is -0.460 e. The van der Waals surface area contributed by atoms with Crippen LogP contribution in [0.1, 0.15) is 5.69 Å². The van der Waals surface area contributed by atoms with E-state index < -0.39 is 0 Å². The number of imidazole rings is 1. The molecule has 0 radical (unpaired) electrons. The van der Waals surface area contributed by atoms with Gasteiger partial charge in [-0.2, -0.15) is 0 Å². The summed E-state index contributed by atoms with van der Waals surface area (Å²) >= 11 is 0. The van der Waals surface area contributed by atoms with Crippen molar-refractivity contribution in [1.82, 2.24) is 29.8 Å². The first kappa shape index (κ1) is 23.4. The van der Waals surface area contributed by atoms with Gasteiger partial charge in [-0.1, -0.05) is 55.6 Å². The Kier molecular flexibility index (Phi) is 8.20. The van der Waals surface area contributed by atoms with Crippen molar-refractivity contribution in [2.75, 3.05) is 39.5 Å². The van der Waals surface area contributed by atoms with Crippen molar-refractivity contribution in [3.8, 4) is 29.4 Å². The Bertz CT molecular complexity index is 1040. The monoisotopic (exact) mass is 464 g/mol. The Labute approximate surface area is 198 Å². The lowest BCUT2D eigenvalue weighted by Gasteiger charge is -2.32. The van der Waals surface area contributed by atoms with Crippen molar-refractivity contribution in [2.24, 2.45) is 0 Å². The van der Waals surface area contributed by atoms with E-state index in [-0.39, 0.29) is 44.0 Å². The van der Waals surface area contributed by atoms with Crippen LogP contribution in [0.2, 0.25) is 0 Å². The molecule has 1 aliphatic heterocycles. The second-order valence-electron chi connectivity index (χ2n) is 7.54. The van der Waals surface area contributed by atoms with Gasteiger partial charge in [0.15, 0.2) is 0 Å². The highest BCUT2D eigenvalue weighted by Gasteiger charge is 2.23. The second kappa shape index (κ2) is 11.9. The summed E-state index contributed by atoms with van der Waals surface area (Å²) in [6, 6.07) is 10.4. The smallest absolute Gasteiger partial charge is 0.326 e. The van der Waals surface area contributed by atoms with Crippen molar-refractivity contribution < 1.29 is 18.9 Å². The maximum atomic E-state index is 5.88. The number of ether oxygens (including phenoxy) is 4. The number of rotatable bonds is 12. The molecule has 34 heavy (non-hydrogen) atoms. The molecule has 0 amide bonds. The zero-order valence-corrected chi connectivity index (χ0v) is 18.9. The SMILES string of the molecule is C=CCOc1nc(OCC=C)nc(OCC2CN(Cc3cnc(-c4ccccc4)[nH]3)CCO2)n1. The van der Waals surface area contributed by atoms with E-state index in [0.717, 1.165) is 30.2 Å². The van der Waals surface area contributed by atoms with Crippen LogP contribution in [-0.2, 0) is 11.3 Å². The van der Waals surface area contributed by atoms with Gasteiger partial charge in [0.2, 0.25) is 0 Å². The van der Waals surface area contributed by atoms with Gasteiger partial charge in [0, 0.05) is 37.1 Å². The molecule has 1 saturated heterocycles. The molecule has 1 atom stereocenters. The fourth-order valence-corrected chi connectivity index (χ4v) is 3.40. The number of aromatic amines is 1. The summed E-state index contributed by atoms with van der Waals surface area (Å²) in [5, 5.41) is 0. The summed E-state index contributed by atoms with van der Waals surface area (Å²) in [6.07, 6.45) is 4.93. The Morgan fingerprint density at radius 3 is 2.35 bits per heavy atom. The largest absolute Gasteiger partial charge is 0.460 e. The van der Waals surface area contributed by atoms with E-state index in [4.69, 9.17) is 18.9 Å². The lowest BCUT2D eigenvalue weighted by Crippen LogP contribution is -2.44. The molecule has 2 aromatic heterocycles. The van der Waals surface area contributed by atoms with Gasteiger partial charge in [0.1, 0.15) is 31.7 Å². The lowest BCUT2D eigenvalue weighted by molar-refractivity contribution is -0.0521. The van der Waals surface area contributed by atoms with E-state index in [1.165, 1.54) is 0 Å². The number of aromatic nitrogens is 5. The molecule has 0 saturated carbocycles. The topological polar surface area (TPSA) is 108 Å². The summed E-state index contributed by atoms with van der Waals surface area (Å²) in [4.78, 5) is 22.7. The van der Waals surface area contributed by atoms with Crippen LogP contribution in [0.25, 0.3) is 11.4 Å². The Morgan fingerprint density at radius 2 is 1.68 bits per heavy atom. The molecule has 1 N–H and O–H groups in total. The Balaban J connectivity index is 1.33. The van der Waals surface area contributed by atoms with Crippen molar-refractivity contribution >= 4 is 0 Å². The molecule has 1 unspecified atom stereocenters. The molecule has 0 spiro atoms. The molecule has 1 aromatic carbocycles. The van der Waals surface area contributed by atoms with Crippen LogP contribution in [0.15, 0.2) is 61.8 Å². The van der Waals surface area contributed by atoms with Crippen molar-refractivity contribution in [3.05, 3.63) is 67.5 Å². The van der Waals surface area contributed by atoms with Gasteiger partial charge in [-0.25, -0.2) is 4.98 Å². The van der Waals surface area contributed by atoms with Crippen molar-refractivity contribution in [1.29, 1.82) is 0 Å². The molecule has 10 heteroatoms. The number of hydrogen-bond acceptors (Lipinski definition) is 9. The van der Waals surface area contributed by atoms with Crippen LogP contribution in [0.3, 0.4) is 0 Å². The van der Waals surface area contributed by atoms with Crippen molar-refractivity contribution in [3.63, 3.8) is 0 Å². The van der Waals surface area contributed by atoms with Crippen LogP contribution >= 0.6 is 0 Å². The molecule has 3 heterocycles. The van der Waals surface area contributed by atoms with E-state index in [2.05, 4.69) is 43.0 Å². The molecule has 1 aliphatic rings. The Morgan fingerprint density at radius 1 is 1.00 bits per heavy atom.